The van der Waals surface area contributed by atoms with Gasteiger partial charge >= 0.3 is 0 Å². The van der Waals surface area contributed by atoms with Crippen molar-refractivity contribution >= 4 is 22.5 Å². The zero-order valence-corrected chi connectivity index (χ0v) is 11.2. The van der Waals surface area contributed by atoms with Crippen molar-refractivity contribution in [3.63, 3.8) is 0 Å². The number of fused-ring (bicyclic) bond motifs is 3. The molecule has 0 fully saturated rings. The van der Waals surface area contributed by atoms with Crippen LogP contribution in [0, 0.1) is 12.3 Å². The smallest absolute Gasteiger partial charge is 0.0838 e. The molecule has 0 atom stereocenters. The summed E-state index contributed by atoms with van der Waals surface area (Å²) < 4.78 is 2.25. The van der Waals surface area contributed by atoms with E-state index in [1.807, 2.05) is 6.07 Å². The Morgan fingerprint density at radius 1 is 1.44 bits per heavy atom. The molecule has 2 nitrogen and oxygen atoms in total. The zero-order chi connectivity index (χ0) is 12.7. The van der Waals surface area contributed by atoms with Crippen LogP contribution in [0.2, 0.25) is 5.02 Å². The highest BCUT2D eigenvalue weighted by Gasteiger charge is 2.21. The monoisotopic (exact) mass is 258 g/mol. The number of benzene rings is 1. The first kappa shape index (κ1) is 11.6. The predicted octanol–water partition coefficient (Wildman–Crippen LogP) is 2.92. The fraction of sp³-hybridized carbons (Fsp3) is 0.333. The molecule has 18 heavy (non-hydrogen) atoms. The van der Waals surface area contributed by atoms with Crippen molar-refractivity contribution in [2.45, 2.75) is 19.5 Å². The van der Waals surface area contributed by atoms with E-state index >= 15 is 0 Å². The van der Waals surface area contributed by atoms with Crippen LogP contribution in [0.4, 0.5) is 0 Å². The third-order valence-electron chi connectivity index (χ3n) is 3.66. The number of hydrogen-bond acceptors (Lipinski definition) is 1. The first-order valence-electron chi connectivity index (χ1n) is 6.12. The van der Waals surface area contributed by atoms with Gasteiger partial charge < -0.3 is 9.47 Å². The lowest BCUT2D eigenvalue weighted by Gasteiger charge is -2.24. The average Bonchev–Trinajstić information content (AvgIpc) is 2.63. The normalized spacial score (nSPS) is 15.6. The molecule has 0 N–H and O–H groups in total. The summed E-state index contributed by atoms with van der Waals surface area (Å²) in [6.07, 6.45) is 6.57. The van der Waals surface area contributed by atoms with Gasteiger partial charge in [-0.3, -0.25) is 0 Å². The van der Waals surface area contributed by atoms with E-state index in [2.05, 4.69) is 34.6 Å². The molecule has 1 aliphatic rings. The van der Waals surface area contributed by atoms with E-state index in [4.69, 9.17) is 18.0 Å². The Hall–Kier alpha value is -1.43. The molecule has 3 heteroatoms. The summed E-state index contributed by atoms with van der Waals surface area (Å²) in [4.78, 5) is 2.33. The highest BCUT2D eigenvalue weighted by molar-refractivity contribution is 6.31. The van der Waals surface area contributed by atoms with Gasteiger partial charge in [-0.15, -0.1) is 6.42 Å². The fourth-order valence-corrected chi connectivity index (χ4v) is 2.99. The van der Waals surface area contributed by atoms with Crippen LogP contribution in [0.15, 0.2) is 18.2 Å². The van der Waals surface area contributed by atoms with E-state index < -0.39 is 0 Å². The van der Waals surface area contributed by atoms with E-state index in [-0.39, 0.29) is 0 Å². The summed E-state index contributed by atoms with van der Waals surface area (Å²) in [5.41, 5.74) is 3.97. The van der Waals surface area contributed by atoms with E-state index in [1.165, 1.54) is 22.2 Å². The third kappa shape index (κ3) is 1.71. The molecule has 0 saturated heterocycles. The highest BCUT2D eigenvalue weighted by atomic mass is 35.5. The Bertz CT molecular complexity index is 649. The van der Waals surface area contributed by atoms with Gasteiger partial charge in [0.25, 0.3) is 0 Å². The van der Waals surface area contributed by atoms with E-state index in [0.29, 0.717) is 6.54 Å². The largest absolute Gasteiger partial charge is 0.331 e. The number of aromatic nitrogens is 1. The minimum absolute atomic E-state index is 0.626. The minimum Gasteiger partial charge on any atom is -0.331 e. The van der Waals surface area contributed by atoms with Gasteiger partial charge in [0.1, 0.15) is 0 Å². The van der Waals surface area contributed by atoms with Crippen molar-refractivity contribution in [3.8, 4) is 12.3 Å². The average molecular weight is 259 g/mol. The number of rotatable bonds is 1. The van der Waals surface area contributed by atoms with E-state index in [0.717, 1.165) is 24.5 Å². The van der Waals surface area contributed by atoms with Crippen LogP contribution >= 0.6 is 11.6 Å². The first-order valence-corrected chi connectivity index (χ1v) is 6.50. The predicted molar refractivity (Wildman–Crippen MR) is 75.8 cm³/mol. The summed E-state index contributed by atoms with van der Waals surface area (Å²) in [5.74, 6) is 2.75. The lowest BCUT2D eigenvalue weighted by Crippen LogP contribution is -2.27. The van der Waals surface area contributed by atoms with Crippen molar-refractivity contribution in [1.82, 2.24) is 9.47 Å². The van der Waals surface area contributed by atoms with Gasteiger partial charge in [0.15, 0.2) is 0 Å². The SMILES string of the molecule is C#CCn1c2c(c3cc(Cl)ccc31)CCN(C)C2. The molecule has 92 valence electrons. The lowest BCUT2D eigenvalue weighted by atomic mass is 10.0. The molecule has 0 spiro atoms. The topological polar surface area (TPSA) is 8.17 Å². The maximum Gasteiger partial charge on any atom is 0.0838 e. The Kier molecular flexibility index (Phi) is 2.81. The van der Waals surface area contributed by atoms with Gasteiger partial charge in [-0.2, -0.15) is 0 Å². The molecule has 0 bridgehead atoms. The molecule has 0 aliphatic carbocycles. The van der Waals surface area contributed by atoms with E-state index in [1.54, 1.807) is 0 Å². The van der Waals surface area contributed by atoms with Crippen LogP contribution in [0.3, 0.4) is 0 Å². The molecular formula is C15H15ClN2. The van der Waals surface area contributed by atoms with Crippen LogP contribution in [-0.4, -0.2) is 23.1 Å². The summed E-state index contributed by atoms with van der Waals surface area (Å²) in [6, 6.07) is 6.08. The van der Waals surface area contributed by atoms with Gasteiger partial charge in [0.05, 0.1) is 6.54 Å². The molecule has 2 heterocycles. The van der Waals surface area contributed by atoms with Crippen molar-refractivity contribution < 1.29 is 0 Å². The Labute approximate surface area is 112 Å². The first-order chi connectivity index (χ1) is 8.70. The van der Waals surface area contributed by atoms with Gasteiger partial charge in [-0.25, -0.2) is 0 Å². The van der Waals surface area contributed by atoms with Gasteiger partial charge in [-0.05, 0) is 37.2 Å². The quantitative estimate of drug-likeness (QED) is 0.714. The second-order valence-corrected chi connectivity index (χ2v) is 5.30. The van der Waals surface area contributed by atoms with Crippen LogP contribution in [-0.2, 0) is 19.5 Å². The summed E-state index contributed by atoms with van der Waals surface area (Å²) in [5, 5.41) is 2.06. The van der Waals surface area contributed by atoms with Crippen molar-refractivity contribution in [1.29, 1.82) is 0 Å². The van der Waals surface area contributed by atoms with Crippen LogP contribution in [0.25, 0.3) is 10.9 Å². The highest BCUT2D eigenvalue weighted by Crippen LogP contribution is 2.32. The Balaban J connectivity index is 2.30. The van der Waals surface area contributed by atoms with Crippen LogP contribution in [0.5, 0.6) is 0 Å². The Morgan fingerprint density at radius 2 is 2.28 bits per heavy atom. The third-order valence-corrected chi connectivity index (χ3v) is 3.90. The van der Waals surface area contributed by atoms with Gasteiger partial charge in [0.2, 0.25) is 0 Å². The molecule has 1 aromatic carbocycles. The van der Waals surface area contributed by atoms with Crippen LogP contribution < -0.4 is 0 Å². The van der Waals surface area contributed by atoms with E-state index in [9.17, 15) is 0 Å². The second-order valence-electron chi connectivity index (χ2n) is 4.86. The Morgan fingerprint density at radius 3 is 3.06 bits per heavy atom. The van der Waals surface area contributed by atoms with Crippen molar-refractivity contribution in [2.24, 2.45) is 0 Å². The maximum atomic E-state index is 6.12. The lowest BCUT2D eigenvalue weighted by molar-refractivity contribution is 0.304. The summed E-state index contributed by atoms with van der Waals surface area (Å²) >= 11 is 6.12. The summed E-state index contributed by atoms with van der Waals surface area (Å²) in [6.45, 7) is 2.68. The minimum atomic E-state index is 0.626. The molecule has 0 radical (unpaired) electrons. The van der Waals surface area contributed by atoms with Crippen molar-refractivity contribution in [2.75, 3.05) is 13.6 Å². The number of terminal acetylenes is 1. The second kappa shape index (κ2) is 4.35. The molecule has 0 saturated carbocycles. The molecule has 2 aromatic rings. The standard InChI is InChI=1S/C15H15ClN2/c1-3-7-18-14-5-4-11(16)9-13(14)12-6-8-17(2)10-15(12)18/h1,4-5,9H,6-8,10H2,2H3. The molecule has 3 rings (SSSR count). The molecule has 1 aromatic heterocycles. The number of hydrogen-bond donors (Lipinski definition) is 0. The fourth-order valence-electron chi connectivity index (χ4n) is 2.82. The number of likely N-dealkylation sites (N-methyl/N-ethyl adjacent to an activating group) is 1. The molecular weight excluding hydrogens is 244 g/mol. The molecule has 0 unspecified atom stereocenters. The number of halogens is 1. The maximum absolute atomic E-state index is 6.12. The van der Waals surface area contributed by atoms with Gasteiger partial charge in [-0.1, -0.05) is 17.5 Å². The van der Waals surface area contributed by atoms with Crippen molar-refractivity contribution in [3.05, 3.63) is 34.5 Å². The number of nitrogens with zero attached hydrogens (tertiary/aromatic N) is 2. The van der Waals surface area contributed by atoms with Gasteiger partial charge in [0, 0.05) is 34.7 Å². The summed E-state index contributed by atoms with van der Waals surface area (Å²) in [7, 11) is 2.15. The molecule has 1 aliphatic heterocycles. The zero-order valence-electron chi connectivity index (χ0n) is 10.4. The molecule has 0 amide bonds. The van der Waals surface area contributed by atoms with Crippen LogP contribution in [0.1, 0.15) is 11.3 Å².